The van der Waals surface area contributed by atoms with Crippen LogP contribution in [0.1, 0.15) is 19.8 Å². The van der Waals surface area contributed by atoms with Crippen molar-refractivity contribution in [3.05, 3.63) is 0 Å². The van der Waals surface area contributed by atoms with Gasteiger partial charge in [-0.3, -0.25) is 9.80 Å². The third-order valence-corrected chi connectivity index (χ3v) is 2.90. The zero-order valence-electron chi connectivity index (χ0n) is 9.26. The van der Waals surface area contributed by atoms with Gasteiger partial charge in [0, 0.05) is 39.3 Å². The van der Waals surface area contributed by atoms with Crippen LogP contribution < -0.4 is 0 Å². The van der Waals surface area contributed by atoms with Crippen LogP contribution in [0.25, 0.3) is 0 Å². The summed E-state index contributed by atoms with van der Waals surface area (Å²) in [4.78, 5) is 5.08. The van der Waals surface area contributed by atoms with Crippen LogP contribution in [0.2, 0.25) is 5.09 Å². The van der Waals surface area contributed by atoms with Crippen LogP contribution in [0.5, 0.6) is 0 Å². The Balaban J connectivity index is 0.000000149. The van der Waals surface area contributed by atoms with Crippen LogP contribution in [-0.4, -0.2) is 66.8 Å². The molecule has 3 rings (SSSR count). The van der Waals surface area contributed by atoms with Crippen LogP contribution in [0.4, 0.5) is 0 Å². The van der Waals surface area contributed by atoms with Crippen LogP contribution >= 0.6 is 0 Å². The van der Waals surface area contributed by atoms with Crippen molar-refractivity contribution in [3.63, 3.8) is 0 Å². The normalized spacial score (nSPS) is 31.0. The fraction of sp³-hybridized carbons (Fsp3) is 1.00. The number of unbranched alkanes of at least 4 members (excludes halogenated alkanes) is 1. The summed E-state index contributed by atoms with van der Waals surface area (Å²) in [6.07, 6.45) is 2.73. The average molecular weight is 176 g/mol. The van der Waals surface area contributed by atoms with Gasteiger partial charge in [-0.25, -0.2) is 0 Å². The van der Waals surface area contributed by atoms with Crippen molar-refractivity contribution < 1.29 is 0 Å². The van der Waals surface area contributed by atoms with Gasteiger partial charge in [0.2, 0.25) is 0 Å². The summed E-state index contributed by atoms with van der Waals surface area (Å²) in [7, 11) is 0. The second-order valence-electron chi connectivity index (χ2n) is 4.04. The molecular formula is C10H21LiN2. The molecule has 0 aromatic heterocycles. The van der Waals surface area contributed by atoms with E-state index in [0.717, 1.165) is 0 Å². The van der Waals surface area contributed by atoms with Gasteiger partial charge in [-0.1, -0.05) is 0 Å². The topological polar surface area (TPSA) is 6.48 Å². The number of hydrogen-bond donors (Lipinski definition) is 0. The molecule has 2 nitrogen and oxygen atoms in total. The predicted molar refractivity (Wildman–Crippen MR) is 58.3 cm³/mol. The van der Waals surface area contributed by atoms with Crippen LogP contribution in [0, 0.1) is 0 Å². The van der Waals surface area contributed by atoms with Gasteiger partial charge in [-0.2, -0.15) is 0 Å². The number of nitrogens with zero attached hydrogens (tertiary/aromatic N) is 2. The number of piperazine rings is 3. The molecule has 3 saturated heterocycles. The van der Waals surface area contributed by atoms with E-state index in [2.05, 4.69) is 34.4 Å². The molecule has 3 heterocycles. The summed E-state index contributed by atoms with van der Waals surface area (Å²) in [5.74, 6) is 0. The van der Waals surface area contributed by atoms with Gasteiger partial charge in [0.1, 0.15) is 0 Å². The van der Waals surface area contributed by atoms with Gasteiger partial charge in [-0.05, 0) is 0 Å². The van der Waals surface area contributed by atoms with Gasteiger partial charge in [0.05, 0.1) is 0 Å². The van der Waals surface area contributed by atoms with Crippen molar-refractivity contribution in [2.24, 2.45) is 0 Å². The first-order chi connectivity index (χ1) is 6.36. The third-order valence-electron chi connectivity index (χ3n) is 2.90. The first kappa shape index (κ1) is 11.6. The molecule has 0 aromatic carbocycles. The number of rotatable bonds is 2. The molecule has 0 aliphatic carbocycles. The molecule has 0 radical (unpaired) electrons. The van der Waals surface area contributed by atoms with Crippen molar-refractivity contribution in [2.75, 3.05) is 39.3 Å². The Morgan fingerprint density at radius 3 is 1.38 bits per heavy atom. The van der Waals surface area contributed by atoms with Crippen LogP contribution in [0.3, 0.4) is 0 Å². The summed E-state index contributed by atoms with van der Waals surface area (Å²) < 4.78 is 0. The van der Waals surface area contributed by atoms with Crippen LogP contribution in [-0.2, 0) is 0 Å². The summed E-state index contributed by atoms with van der Waals surface area (Å²) in [6.45, 7) is 10.1. The fourth-order valence-corrected chi connectivity index (χ4v) is 1.87. The molecule has 72 valence electrons. The Labute approximate surface area is 91.9 Å². The van der Waals surface area contributed by atoms with E-state index < -0.39 is 0 Å². The van der Waals surface area contributed by atoms with Crippen molar-refractivity contribution >= 4 is 17.7 Å². The van der Waals surface area contributed by atoms with E-state index in [-0.39, 0.29) is 0 Å². The van der Waals surface area contributed by atoms with E-state index >= 15 is 0 Å². The van der Waals surface area contributed by atoms with Crippen molar-refractivity contribution in [1.82, 2.24) is 9.80 Å². The third kappa shape index (κ3) is 4.51. The van der Waals surface area contributed by atoms with Crippen molar-refractivity contribution in [1.29, 1.82) is 0 Å². The number of fused-ring (bicyclic) bond motifs is 3. The maximum absolute atomic E-state index is 2.54. The molecule has 3 aliphatic rings. The molecule has 2 bridgehead atoms. The quantitative estimate of drug-likeness (QED) is 0.579. The van der Waals surface area contributed by atoms with Gasteiger partial charge in [0.25, 0.3) is 0 Å². The van der Waals surface area contributed by atoms with Crippen molar-refractivity contribution in [3.8, 4) is 0 Å². The Morgan fingerprint density at radius 2 is 1.31 bits per heavy atom. The van der Waals surface area contributed by atoms with E-state index in [1.165, 1.54) is 57.2 Å². The minimum atomic E-state index is 1.32. The zero-order valence-corrected chi connectivity index (χ0v) is 9.26. The average Bonchev–Trinajstić information content (AvgIpc) is 2.23. The summed E-state index contributed by atoms with van der Waals surface area (Å²) in [6, 6.07) is 0. The van der Waals surface area contributed by atoms with E-state index in [1.54, 1.807) is 0 Å². The van der Waals surface area contributed by atoms with E-state index in [1.807, 2.05) is 0 Å². The van der Waals surface area contributed by atoms with E-state index in [4.69, 9.17) is 0 Å². The standard InChI is InChI=1S/C6H12N2.C4H9.Li/c1-2-8-5-3-7(1)4-6-8;1-3-4-2;/h1-6H2;1,3-4H2,2H3;. The second-order valence-corrected chi connectivity index (χ2v) is 4.04. The molecule has 0 atom stereocenters. The Kier molecular flexibility index (Phi) is 6.15. The summed E-state index contributed by atoms with van der Waals surface area (Å²) in [5.41, 5.74) is 0. The Hall–Kier alpha value is 0.517. The molecule has 13 heavy (non-hydrogen) atoms. The summed E-state index contributed by atoms with van der Waals surface area (Å²) in [5, 5.41) is 1.34. The molecule has 3 aliphatic heterocycles. The van der Waals surface area contributed by atoms with Gasteiger partial charge >= 0.3 is 42.6 Å². The molecule has 3 heteroatoms. The fourth-order valence-electron chi connectivity index (χ4n) is 1.87. The van der Waals surface area contributed by atoms with Crippen LogP contribution in [0.15, 0.2) is 0 Å². The Bertz CT molecular complexity index is 97.1. The Morgan fingerprint density at radius 1 is 0.923 bits per heavy atom. The second kappa shape index (κ2) is 6.90. The molecule has 0 unspecified atom stereocenters. The minimum absolute atomic E-state index is 1.32. The molecule has 0 saturated carbocycles. The zero-order chi connectivity index (χ0) is 9.52. The van der Waals surface area contributed by atoms with E-state index in [0.29, 0.717) is 0 Å². The van der Waals surface area contributed by atoms with E-state index in [9.17, 15) is 0 Å². The SMILES string of the molecule is C1CN2CCN1CC2.[Li][CH2]CCC. The molecule has 0 aromatic rings. The maximum atomic E-state index is 2.54. The van der Waals surface area contributed by atoms with Gasteiger partial charge < -0.3 is 0 Å². The van der Waals surface area contributed by atoms with Gasteiger partial charge in [0.15, 0.2) is 0 Å². The molecular weight excluding hydrogens is 155 g/mol. The predicted octanol–water partition coefficient (Wildman–Crippen LogP) is 0.991. The molecule has 0 N–H and O–H groups in total. The summed E-state index contributed by atoms with van der Waals surface area (Å²) >= 11 is 2.21. The number of hydrogen-bond acceptors (Lipinski definition) is 2. The molecule has 0 spiro atoms. The first-order valence-electron chi connectivity index (χ1n) is 5.81. The molecule has 3 fully saturated rings. The van der Waals surface area contributed by atoms with Crippen molar-refractivity contribution in [2.45, 2.75) is 24.9 Å². The first-order valence-corrected chi connectivity index (χ1v) is 5.81. The van der Waals surface area contributed by atoms with Gasteiger partial charge in [-0.15, -0.1) is 0 Å². The monoisotopic (exact) mass is 176 g/mol. The molecule has 0 amide bonds.